The van der Waals surface area contributed by atoms with Crippen molar-refractivity contribution in [2.75, 3.05) is 24.2 Å². The van der Waals surface area contributed by atoms with Gasteiger partial charge in [0.2, 0.25) is 21.8 Å². The van der Waals surface area contributed by atoms with Gasteiger partial charge >= 0.3 is 0 Å². The minimum atomic E-state index is -3.67. The summed E-state index contributed by atoms with van der Waals surface area (Å²) in [6, 6.07) is 21.8. The third-order valence-corrected chi connectivity index (χ3v) is 9.72. The Morgan fingerprint density at radius 1 is 0.978 bits per heavy atom. The summed E-state index contributed by atoms with van der Waals surface area (Å²) >= 11 is 6.29. The van der Waals surface area contributed by atoms with Gasteiger partial charge in [0.25, 0.3) is 0 Å². The molecule has 0 unspecified atom stereocenters. The second kappa shape index (κ2) is 16.1. The Balaban J connectivity index is 1.59. The van der Waals surface area contributed by atoms with Gasteiger partial charge in [-0.15, -0.1) is 0 Å². The van der Waals surface area contributed by atoms with Crippen LogP contribution in [0.4, 0.5) is 5.69 Å². The molecule has 0 heterocycles. The van der Waals surface area contributed by atoms with Gasteiger partial charge in [0.05, 0.1) is 24.1 Å². The van der Waals surface area contributed by atoms with Crippen LogP contribution in [0.5, 0.6) is 5.75 Å². The van der Waals surface area contributed by atoms with E-state index in [1.54, 1.807) is 23.1 Å². The number of carbonyl (C=O) groups is 2. The van der Waals surface area contributed by atoms with Crippen LogP contribution in [-0.4, -0.2) is 57.1 Å². The Morgan fingerprint density at radius 3 is 2.33 bits per heavy atom. The lowest BCUT2D eigenvalue weighted by Gasteiger charge is -2.34. The number of ether oxygens (including phenoxy) is 1. The number of nitrogens with one attached hydrogen (secondary N) is 1. The van der Waals surface area contributed by atoms with Crippen molar-refractivity contribution in [3.8, 4) is 5.75 Å². The van der Waals surface area contributed by atoms with Crippen molar-refractivity contribution in [1.82, 2.24) is 10.2 Å². The van der Waals surface area contributed by atoms with E-state index in [0.29, 0.717) is 17.9 Å². The fraction of sp³-hybridized carbons (Fsp3) is 0.429. The van der Waals surface area contributed by atoms with E-state index in [1.165, 1.54) is 17.8 Å². The Morgan fingerprint density at radius 2 is 1.69 bits per heavy atom. The number of halogens is 1. The lowest BCUT2D eigenvalue weighted by Crippen LogP contribution is -2.53. The molecule has 1 saturated carbocycles. The van der Waals surface area contributed by atoms with Gasteiger partial charge in [-0.25, -0.2) is 8.42 Å². The van der Waals surface area contributed by atoms with E-state index < -0.39 is 16.1 Å². The van der Waals surface area contributed by atoms with E-state index in [1.807, 2.05) is 61.5 Å². The molecule has 1 aliphatic carbocycles. The highest BCUT2D eigenvalue weighted by atomic mass is 35.5. The maximum absolute atomic E-state index is 14.1. The normalized spacial score (nSPS) is 14.4. The topological polar surface area (TPSA) is 96.0 Å². The van der Waals surface area contributed by atoms with Crippen LogP contribution in [0.1, 0.15) is 61.6 Å². The zero-order valence-electron chi connectivity index (χ0n) is 26.4. The van der Waals surface area contributed by atoms with Crippen molar-refractivity contribution in [1.29, 1.82) is 0 Å². The van der Waals surface area contributed by atoms with E-state index in [0.717, 1.165) is 48.6 Å². The van der Waals surface area contributed by atoms with Gasteiger partial charge in [-0.1, -0.05) is 91.0 Å². The monoisotopic (exact) mass is 653 g/mol. The molecule has 0 aromatic heterocycles. The van der Waals surface area contributed by atoms with E-state index in [9.17, 15) is 18.0 Å². The number of aryl methyl sites for hydroxylation is 1. The fourth-order valence-corrected chi connectivity index (χ4v) is 7.13. The minimum absolute atomic E-state index is 0.0592. The van der Waals surface area contributed by atoms with Crippen molar-refractivity contribution < 1.29 is 22.7 Å². The first-order valence-electron chi connectivity index (χ1n) is 15.6. The Hall–Kier alpha value is -3.56. The highest BCUT2D eigenvalue weighted by Gasteiger charge is 2.32. The van der Waals surface area contributed by atoms with E-state index in [4.69, 9.17) is 16.3 Å². The predicted octanol–water partition coefficient (Wildman–Crippen LogP) is 6.29. The van der Waals surface area contributed by atoms with Crippen LogP contribution in [0.3, 0.4) is 0 Å². The summed E-state index contributed by atoms with van der Waals surface area (Å²) in [6.45, 7) is 2.33. The largest absolute Gasteiger partial charge is 0.495 e. The van der Waals surface area contributed by atoms with Crippen molar-refractivity contribution in [2.45, 2.75) is 76.9 Å². The number of hydrogen-bond donors (Lipinski definition) is 1. The summed E-state index contributed by atoms with van der Waals surface area (Å²) in [4.78, 5) is 29.8. The highest BCUT2D eigenvalue weighted by Crippen LogP contribution is 2.30. The zero-order valence-corrected chi connectivity index (χ0v) is 27.9. The number of hydrogen-bond acceptors (Lipinski definition) is 5. The third-order valence-electron chi connectivity index (χ3n) is 8.23. The van der Waals surface area contributed by atoms with Gasteiger partial charge in [-0.05, 0) is 55.5 Å². The summed E-state index contributed by atoms with van der Waals surface area (Å²) in [7, 11) is -2.18. The first-order valence-corrected chi connectivity index (χ1v) is 17.8. The lowest BCUT2D eigenvalue weighted by atomic mass is 9.94. The van der Waals surface area contributed by atoms with Crippen LogP contribution in [-0.2, 0) is 32.6 Å². The molecule has 8 nitrogen and oxygen atoms in total. The van der Waals surface area contributed by atoms with Gasteiger partial charge in [-0.2, -0.15) is 0 Å². The molecule has 3 aromatic rings. The van der Waals surface area contributed by atoms with Crippen LogP contribution in [0.2, 0.25) is 5.02 Å². The van der Waals surface area contributed by atoms with E-state index in [-0.39, 0.29) is 48.8 Å². The molecular weight excluding hydrogens is 610 g/mol. The average Bonchev–Trinajstić information content (AvgIpc) is 3.01. The van der Waals surface area contributed by atoms with E-state index in [2.05, 4.69) is 5.32 Å². The number of nitrogens with zero attached hydrogens (tertiary/aromatic N) is 2. The molecule has 0 radical (unpaired) electrons. The standard InChI is InChI=1S/C35H44ClN3O5S/c1-26-12-10-15-28(22-26)25-38(32(23-27-13-6-4-7-14-27)35(41)37-29-16-8-5-9-17-29)34(40)18-11-21-39(45(3,42)43)30-19-20-33(44-2)31(36)24-30/h4,6-7,10,12-15,19-20,22,24,29,32H,5,8-9,11,16-18,21,23,25H2,1-3H3,(H,37,41)/t32-/m0/s1. The van der Waals surface area contributed by atoms with E-state index >= 15 is 0 Å². The number of methoxy groups -OCH3 is 1. The molecule has 3 aromatic carbocycles. The quantitative estimate of drug-likeness (QED) is 0.221. The Bertz CT molecular complexity index is 1540. The highest BCUT2D eigenvalue weighted by molar-refractivity contribution is 7.92. The van der Waals surface area contributed by atoms with Crippen LogP contribution in [0.25, 0.3) is 0 Å². The molecule has 4 rings (SSSR count). The summed E-state index contributed by atoms with van der Waals surface area (Å²) in [5, 5.41) is 3.55. The summed E-state index contributed by atoms with van der Waals surface area (Å²) in [5.74, 6) is 0.0710. The number of rotatable bonds is 14. The molecule has 0 aliphatic heterocycles. The maximum Gasteiger partial charge on any atom is 0.243 e. The molecule has 10 heteroatoms. The summed E-state index contributed by atoms with van der Waals surface area (Å²) < 4.78 is 32.0. The molecule has 2 amide bonds. The molecular formula is C35H44ClN3O5S. The Kier molecular flexibility index (Phi) is 12.3. The maximum atomic E-state index is 14.1. The number of benzene rings is 3. The number of carbonyl (C=O) groups excluding carboxylic acids is 2. The minimum Gasteiger partial charge on any atom is -0.495 e. The van der Waals surface area contributed by atoms with Crippen molar-refractivity contribution in [2.24, 2.45) is 0 Å². The van der Waals surface area contributed by atoms with Crippen molar-refractivity contribution in [3.63, 3.8) is 0 Å². The summed E-state index contributed by atoms with van der Waals surface area (Å²) in [6.07, 6.45) is 7.02. The van der Waals surface area contributed by atoms with Gasteiger partial charge < -0.3 is 15.0 Å². The SMILES string of the molecule is COc1ccc(N(CCCC(=O)N(Cc2cccc(C)c2)[C@@H](Cc2ccccc2)C(=O)NC2CCCCC2)S(C)(=O)=O)cc1Cl. The molecule has 1 atom stereocenters. The van der Waals surface area contributed by atoms with Crippen LogP contribution >= 0.6 is 11.6 Å². The van der Waals surface area contributed by atoms with Crippen molar-refractivity contribution >= 4 is 39.1 Å². The second-order valence-electron chi connectivity index (χ2n) is 11.8. The van der Waals surface area contributed by atoms with Crippen LogP contribution < -0.4 is 14.4 Å². The molecule has 0 saturated heterocycles. The van der Waals surface area contributed by atoms with Crippen LogP contribution in [0, 0.1) is 6.92 Å². The molecule has 0 bridgehead atoms. The van der Waals surface area contributed by atoms with Gasteiger partial charge in [0.15, 0.2) is 0 Å². The number of amides is 2. The van der Waals surface area contributed by atoms with Gasteiger partial charge in [0, 0.05) is 32.0 Å². The molecule has 45 heavy (non-hydrogen) atoms. The smallest absolute Gasteiger partial charge is 0.243 e. The second-order valence-corrected chi connectivity index (χ2v) is 14.1. The molecule has 1 N–H and O–H groups in total. The average molecular weight is 654 g/mol. The summed E-state index contributed by atoms with van der Waals surface area (Å²) in [5.41, 5.74) is 3.34. The van der Waals surface area contributed by atoms with Gasteiger partial charge in [0.1, 0.15) is 11.8 Å². The first kappa shape index (κ1) is 34.3. The molecule has 1 aliphatic rings. The van der Waals surface area contributed by atoms with Crippen LogP contribution in [0.15, 0.2) is 72.8 Å². The lowest BCUT2D eigenvalue weighted by molar-refractivity contribution is -0.141. The number of anilines is 1. The molecule has 0 spiro atoms. The van der Waals surface area contributed by atoms with Crippen molar-refractivity contribution in [3.05, 3.63) is 94.5 Å². The first-order chi connectivity index (χ1) is 21.5. The van der Waals surface area contributed by atoms with Gasteiger partial charge in [-0.3, -0.25) is 13.9 Å². The predicted molar refractivity (Wildman–Crippen MR) is 180 cm³/mol. The molecule has 242 valence electrons. The number of sulfonamides is 1. The molecule has 1 fully saturated rings. The zero-order chi connectivity index (χ0) is 32.4. The fourth-order valence-electron chi connectivity index (χ4n) is 5.92. The Labute approximate surface area is 272 Å². The third kappa shape index (κ3) is 9.96.